The van der Waals surface area contributed by atoms with Crippen LogP contribution in [-0.2, 0) is 9.47 Å². The van der Waals surface area contributed by atoms with E-state index in [1.54, 1.807) is 11.9 Å². The van der Waals surface area contributed by atoms with Gasteiger partial charge in [-0.1, -0.05) is 0 Å². The fourth-order valence-corrected chi connectivity index (χ4v) is 3.25. The first-order valence-electron chi connectivity index (χ1n) is 9.30. The number of rotatable bonds is 4. The summed E-state index contributed by atoms with van der Waals surface area (Å²) in [5, 5.41) is 3.37. The summed E-state index contributed by atoms with van der Waals surface area (Å²) in [5.41, 5.74) is -0.166. The van der Waals surface area contributed by atoms with Gasteiger partial charge in [0, 0.05) is 45.2 Å². The quantitative estimate of drug-likeness (QED) is 0.379. The van der Waals surface area contributed by atoms with Crippen LogP contribution in [0.4, 0.5) is 4.79 Å². The monoisotopic (exact) mass is 482 g/mol. The molecule has 0 radical (unpaired) electrons. The first-order chi connectivity index (χ1) is 11.7. The highest BCUT2D eigenvalue weighted by atomic mass is 127. The number of aliphatic imine (C=N–C) groups is 1. The molecule has 2 aliphatic heterocycles. The van der Waals surface area contributed by atoms with Gasteiger partial charge >= 0.3 is 6.09 Å². The summed E-state index contributed by atoms with van der Waals surface area (Å²) >= 11 is 0. The Bertz CT molecular complexity index is 487. The highest BCUT2D eigenvalue weighted by Gasteiger charge is 2.42. The van der Waals surface area contributed by atoms with E-state index in [1.807, 2.05) is 20.8 Å². The van der Waals surface area contributed by atoms with Crippen molar-refractivity contribution in [1.82, 2.24) is 15.1 Å². The van der Waals surface area contributed by atoms with Crippen molar-refractivity contribution in [1.29, 1.82) is 0 Å². The molecule has 0 aliphatic carbocycles. The van der Waals surface area contributed by atoms with E-state index < -0.39 is 5.60 Å². The van der Waals surface area contributed by atoms with Gasteiger partial charge in [0.25, 0.3) is 0 Å². The van der Waals surface area contributed by atoms with Crippen LogP contribution in [0.1, 0.15) is 40.5 Å². The fraction of sp³-hybridized carbons (Fsp3) is 0.889. The number of nitrogens with zero attached hydrogens (tertiary/aromatic N) is 3. The second-order valence-electron chi connectivity index (χ2n) is 8.11. The van der Waals surface area contributed by atoms with Crippen LogP contribution in [0.15, 0.2) is 4.99 Å². The van der Waals surface area contributed by atoms with E-state index >= 15 is 0 Å². The molecule has 26 heavy (non-hydrogen) atoms. The first-order valence-corrected chi connectivity index (χ1v) is 9.30. The van der Waals surface area contributed by atoms with Gasteiger partial charge in [-0.05, 0) is 40.5 Å². The maximum atomic E-state index is 12.0. The molecular weight excluding hydrogens is 447 g/mol. The van der Waals surface area contributed by atoms with Crippen LogP contribution in [0.2, 0.25) is 0 Å². The van der Waals surface area contributed by atoms with Crippen molar-refractivity contribution in [3.63, 3.8) is 0 Å². The van der Waals surface area contributed by atoms with Gasteiger partial charge in [-0.25, -0.2) is 4.79 Å². The van der Waals surface area contributed by atoms with Gasteiger partial charge in [0.1, 0.15) is 5.60 Å². The maximum absolute atomic E-state index is 12.0. The van der Waals surface area contributed by atoms with Gasteiger partial charge in [0.15, 0.2) is 5.96 Å². The number of ether oxygens (including phenoxy) is 2. The number of hydrogen-bond donors (Lipinski definition) is 1. The van der Waals surface area contributed by atoms with Crippen LogP contribution >= 0.6 is 24.0 Å². The number of halogens is 1. The molecule has 1 amide bonds. The van der Waals surface area contributed by atoms with Crippen LogP contribution in [0.5, 0.6) is 0 Å². The SMILES string of the molecule is CCNC(=NCCN(C)C(=O)OC(C)(C)C)N1CCC2(CCOC2)C1.I. The Balaban J connectivity index is 0.00000338. The molecule has 1 atom stereocenters. The largest absolute Gasteiger partial charge is 0.444 e. The molecule has 0 bridgehead atoms. The van der Waals surface area contributed by atoms with Crippen molar-refractivity contribution in [2.45, 2.75) is 46.1 Å². The van der Waals surface area contributed by atoms with Gasteiger partial charge in [0.2, 0.25) is 0 Å². The van der Waals surface area contributed by atoms with E-state index in [-0.39, 0.29) is 30.1 Å². The van der Waals surface area contributed by atoms with Gasteiger partial charge in [-0.2, -0.15) is 0 Å². The molecule has 1 N–H and O–H groups in total. The molecule has 1 spiro atoms. The highest BCUT2D eigenvalue weighted by molar-refractivity contribution is 14.0. The lowest BCUT2D eigenvalue weighted by Gasteiger charge is -2.26. The van der Waals surface area contributed by atoms with Crippen LogP contribution in [0.25, 0.3) is 0 Å². The zero-order valence-electron chi connectivity index (χ0n) is 16.8. The molecule has 0 aromatic carbocycles. The number of guanidine groups is 1. The maximum Gasteiger partial charge on any atom is 0.410 e. The minimum absolute atomic E-state index is 0. The van der Waals surface area contributed by atoms with Crippen molar-refractivity contribution in [2.24, 2.45) is 10.4 Å². The molecule has 7 nitrogen and oxygen atoms in total. The zero-order valence-corrected chi connectivity index (χ0v) is 19.2. The molecular formula is C18H35IN4O3. The number of nitrogens with one attached hydrogen (secondary N) is 1. The number of carbonyl (C=O) groups excluding carboxylic acids is 1. The average Bonchev–Trinajstić information content (AvgIpc) is 3.15. The predicted octanol–water partition coefficient (Wildman–Crippen LogP) is 2.55. The summed E-state index contributed by atoms with van der Waals surface area (Å²) in [7, 11) is 1.75. The van der Waals surface area contributed by atoms with Crippen molar-refractivity contribution in [3.8, 4) is 0 Å². The number of hydrogen-bond acceptors (Lipinski definition) is 4. The number of carbonyl (C=O) groups is 1. The third-order valence-corrected chi connectivity index (χ3v) is 4.66. The van der Waals surface area contributed by atoms with Gasteiger partial charge in [-0.3, -0.25) is 4.99 Å². The third kappa shape index (κ3) is 6.75. The first kappa shape index (κ1) is 23.3. The van der Waals surface area contributed by atoms with E-state index in [0.29, 0.717) is 18.5 Å². The van der Waals surface area contributed by atoms with Crippen LogP contribution < -0.4 is 5.32 Å². The fourth-order valence-electron chi connectivity index (χ4n) is 3.25. The molecule has 152 valence electrons. The summed E-state index contributed by atoms with van der Waals surface area (Å²) in [6.07, 6.45) is 2.00. The minimum atomic E-state index is -0.475. The van der Waals surface area contributed by atoms with Gasteiger partial charge < -0.3 is 24.6 Å². The molecule has 0 aromatic rings. The summed E-state index contributed by atoms with van der Waals surface area (Å²) < 4.78 is 11.0. The van der Waals surface area contributed by atoms with Crippen molar-refractivity contribution in [2.75, 3.05) is 53.0 Å². The standard InChI is InChI=1S/C18H34N4O3.HI/c1-6-19-15(22-10-7-18(13-22)8-12-24-14-18)20-9-11-21(5)16(23)25-17(2,3)4;/h6-14H2,1-5H3,(H,19,20);1H. The van der Waals surface area contributed by atoms with Crippen LogP contribution in [-0.4, -0.2) is 80.4 Å². The highest BCUT2D eigenvalue weighted by Crippen LogP contribution is 2.38. The van der Waals surface area contributed by atoms with E-state index in [4.69, 9.17) is 14.5 Å². The predicted molar refractivity (Wildman–Crippen MR) is 114 cm³/mol. The summed E-state index contributed by atoms with van der Waals surface area (Å²) in [6, 6.07) is 0. The van der Waals surface area contributed by atoms with Crippen molar-refractivity contribution < 1.29 is 14.3 Å². The Labute approximate surface area is 174 Å². The smallest absolute Gasteiger partial charge is 0.410 e. The lowest BCUT2D eigenvalue weighted by atomic mass is 9.87. The Kier molecular flexibility index (Phi) is 8.92. The zero-order chi connectivity index (χ0) is 18.5. The molecule has 0 aromatic heterocycles. The normalized spacial score (nSPS) is 23.1. The minimum Gasteiger partial charge on any atom is -0.444 e. The van der Waals surface area contributed by atoms with E-state index in [1.165, 1.54) is 0 Å². The number of likely N-dealkylation sites (tertiary alicyclic amines) is 1. The number of amides is 1. The van der Waals surface area contributed by atoms with Gasteiger partial charge in [0.05, 0.1) is 13.2 Å². The molecule has 2 fully saturated rings. The van der Waals surface area contributed by atoms with Crippen LogP contribution in [0, 0.1) is 5.41 Å². The molecule has 2 rings (SSSR count). The molecule has 1 unspecified atom stereocenters. The molecule has 0 saturated carbocycles. The average molecular weight is 482 g/mol. The van der Waals surface area contributed by atoms with Gasteiger partial charge in [-0.15, -0.1) is 24.0 Å². The molecule has 2 aliphatic rings. The second-order valence-corrected chi connectivity index (χ2v) is 8.11. The molecule has 2 saturated heterocycles. The number of likely N-dealkylation sites (N-methyl/N-ethyl adjacent to an activating group) is 1. The van der Waals surface area contributed by atoms with E-state index in [0.717, 1.165) is 51.6 Å². The Morgan fingerprint density at radius 2 is 2.12 bits per heavy atom. The Morgan fingerprint density at radius 3 is 2.69 bits per heavy atom. The van der Waals surface area contributed by atoms with Crippen LogP contribution in [0.3, 0.4) is 0 Å². The summed E-state index contributed by atoms with van der Waals surface area (Å²) in [5.74, 6) is 0.934. The third-order valence-electron chi connectivity index (χ3n) is 4.66. The van der Waals surface area contributed by atoms with E-state index in [9.17, 15) is 4.79 Å². The van der Waals surface area contributed by atoms with E-state index in [2.05, 4.69) is 17.1 Å². The molecule has 8 heteroatoms. The second kappa shape index (κ2) is 9.96. The summed E-state index contributed by atoms with van der Waals surface area (Å²) in [6.45, 7) is 13.4. The lowest BCUT2D eigenvalue weighted by Crippen LogP contribution is -2.42. The Morgan fingerprint density at radius 1 is 1.38 bits per heavy atom. The Hall–Kier alpha value is -0.770. The molecule has 2 heterocycles. The summed E-state index contributed by atoms with van der Waals surface area (Å²) in [4.78, 5) is 20.6. The van der Waals surface area contributed by atoms with Crippen molar-refractivity contribution in [3.05, 3.63) is 0 Å². The topological polar surface area (TPSA) is 66.4 Å². The lowest BCUT2D eigenvalue weighted by molar-refractivity contribution is 0.0304. The van der Waals surface area contributed by atoms with Crippen molar-refractivity contribution >= 4 is 36.0 Å².